The highest BCUT2D eigenvalue weighted by atomic mass is 35.5. The lowest BCUT2D eigenvalue weighted by Gasteiger charge is -2.03. The van der Waals surface area contributed by atoms with Crippen LogP contribution >= 0.6 is 23.4 Å². The number of hydrogen-bond acceptors (Lipinski definition) is 3. The quantitative estimate of drug-likeness (QED) is 0.452. The molecular formula is C11H7ClN4S. The predicted octanol–water partition coefficient (Wildman–Crippen LogP) is 4.83. The lowest BCUT2D eigenvalue weighted by atomic mass is 10.3. The van der Waals surface area contributed by atoms with Crippen molar-refractivity contribution in [3.63, 3.8) is 0 Å². The van der Waals surface area contributed by atoms with Gasteiger partial charge in [0, 0.05) is 21.7 Å². The van der Waals surface area contributed by atoms with Gasteiger partial charge in [-0.2, -0.15) is 0 Å². The van der Waals surface area contributed by atoms with E-state index < -0.39 is 0 Å². The van der Waals surface area contributed by atoms with E-state index in [1.165, 1.54) is 11.8 Å². The minimum absolute atomic E-state index is 0.503. The van der Waals surface area contributed by atoms with E-state index in [4.69, 9.17) is 17.1 Å². The summed E-state index contributed by atoms with van der Waals surface area (Å²) in [6, 6.07) is 10.8. The molecule has 84 valence electrons. The van der Waals surface area contributed by atoms with E-state index in [9.17, 15) is 0 Å². The Morgan fingerprint density at radius 2 is 2.18 bits per heavy atom. The number of rotatable bonds is 3. The molecule has 0 aliphatic rings. The first kappa shape index (κ1) is 11.8. The highest BCUT2D eigenvalue weighted by Crippen LogP contribution is 2.34. The van der Waals surface area contributed by atoms with Gasteiger partial charge in [-0.25, -0.2) is 4.98 Å². The average molecular weight is 263 g/mol. The van der Waals surface area contributed by atoms with Crippen LogP contribution in [0.3, 0.4) is 0 Å². The zero-order valence-corrected chi connectivity index (χ0v) is 10.2. The Hall–Kier alpha value is -1.68. The molecule has 2 aromatic rings. The van der Waals surface area contributed by atoms with Gasteiger partial charge in [0.05, 0.1) is 5.02 Å². The Bertz CT molecular complexity index is 567. The van der Waals surface area contributed by atoms with Gasteiger partial charge in [-0.1, -0.05) is 40.6 Å². The SMILES string of the molecule is [N-]=[N+]=Nc1ccc(Sc2ccccn2)c(Cl)c1. The zero-order chi connectivity index (χ0) is 12.1. The second-order valence-corrected chi connectivity index (χ2v) is 4.54. The van der Waals surface area contributed by atoms with Crippen LogP contribution in [0.4, 0.5) is 5.69 Å². The Balaban J connectivity index is 2.25. The lowest BCUT2D eigenvalue weighted by molar-refractivity contribution is 1.13. The minimum atomic E-state index is 0.503. The Morgan fingerprint density at radius 1 is 1.29 bits per heavy atom. The fourth-order valence-corrected chi connectivity index (χ4v) is 2.27. The molecule has 2 rings (SSSR count). The molecule has 0 amide bonds. The van der Waals surface area contributed by atoms with E-state index in [0.29, 0.717) is 10.7 Å². The highest BCUT2D eigenvalue weighted by Gasteiger charge is 2.04. The van der Waals surface area contributed by atoms with Crippen molar-refractivity contribution in [2.45, 2.75) is 9.92 Å². The van der Waals surface area contributed by atoms with Crippen molar-refractivity contribution >= 4 is 29.1 Å². The minimum Gasteiger partial charge on any atom is -0.250 e. The van der Waals surface area contributed by atoms with Gasteiger partial charge in [-0.3, -0.25) is 0 Å². The number of azide groups is 1. The smallest absolute Gasteiger partial charge is 0.101 e. The molecule has 6 heteroatoms. The Labute approximate surface area is 107 Å². The number of pyridine rings is 1. The third-order valence-corrected chi connectivity index (χ3v) is 3.38. The summed E-state index contributed by atoms with van der Waals surface area (Å²) in [5.74, 6) is 0. The van der Waals surface area contributed by atoms with Crippen molar-refractivity contribution in [3.05, 3.63) is 58.1 Å². The fourth-order valence-electron chi connectivity index (χ4n) is 1.21. The van der Waals surface area contributed by atoms with Gasteiger partial charge in [0.1, 0.15) is 5.03 Å². The molecule has 1 aromatic heterocycles. The van der Waals surface area contributed by atoms with Crippen LogP contribution in [-0.2, 0) is 0 Å². The molecular weight excluding hydrogens is 256 g/mol. The van der Waals surface area contributed by atoms with E-state index in [2.05, 4.69) is 15.0 Å². The summed E-state index contributed by atoms with van der Waals surface area (Å²) in [6.07, 6.45) is 1.73. The molecule has 0 unspecified atom stereocenters. The highest BCUT2D eigenvalue weighted by molar-refractivity contribution is 7.99. The summed E-state index contributed by atoms with van der Waals surface area (Å²) < 4.78 is 0. The number of nitrogens with zero attached hydrogens (tertiary/aromatic N) is 4. The van der Waals surface area contributed by atoms with Crippen molar-refractivity contribution in [1.29, 1.82) is 0 Å². The van der Waals surface area contributed by atoms with Crippen LogP contribution in [0.15, 0.2) is 57.6 Å². The summed E-state index contributed by atoms with van der Waals surface area (Å²) in [7, 11) is 0. The van der Waals surface area contributed by atoms with E-state index in [1.54, 1.807) is 18.3 Å². The molecule has 0 saturated carbocycles. The first-order valence-corrected chi connectivity index (χ1v) is 5.92. The van der Waals surface area contributed by atoms with Gasteiger partial charge in [0.2, 0.25) is 0 Å². The van der Waals surface area contributed by atoms with Gasteiger partial charge >= 0.3 is 0 Å². The van der Waals surface area contributed by atoms with Crippen molar-refractivity contribution < 1.29 is 0 Å². The van der Waals surface area contributed by atoms with Crippen LogP contribution in [0.1, 0.15) is 0 Å². The summed E-state index contributed by atoms with van der Waals surface area (Å²) in [5.41, 5.74) is 8.82. The van der Waals surface area contributed by atoms with Gasteiger partial charge in [0.15, 0.2) is 0 Å². The van der Waals surface area contributed by atoms with Gasteiger partial charge in [0.25, 0.3) is 0 Å². The van der Waals surface area contributed by atoms with Gasteiger partial charge < -0.3 is 0 Å². The molecule has 1 heterocycles. The maximum Gasteiger partial charge on any atom is 0.101 e. The maximum atomic E-state index is 8.32. The largest absolute Gasteiger partial charge is 0.250 e. The van der Waals surface area contributed by atoms with Crippen LogP contribution in [0.5, 0.6) is 0 Å². The van der Waals surface area contributed by atoms with E-state index in [-0.39, 0.29) is 0 Å². The zero-order valence-electron chi connectivity index (χ0n) is 8.62. The fraction of sp³-hybridized carbons (Fsp3) is 0. The molecule has 1 aromatic carbocycles. The van der Waals surface area contributed by atoms with Crippen LogP contribution in [0.25, 0.3) is 10.4 Å². The predicted molar refractivity (Wildman–Crippen MR) is 68.6 cm³/mol. The first-order chi connectivity index (χ1) is 8.29. The number of benzene rings is 1. The van der Waals surface area contributed by atoms with Crippen LogP contribution in [0, 0.1) is 0 Å². The number of hydrogen-bond donors (Lipinski definition) is 0. The monoisotopic (exact) mass is 262 g/mol. The van der Waals surface area contributed by atoms with E-state index >= 15 is 0 Å². The van der Waals surface area contributed by atoms with Gasteiger partial charge in [-0.05, 0) is 29.8 Å². The molecule has 0 spiro atoms. The summed E-state index contributed by atoms with van der Waals surface area (Å²) in [4.78, 5) is 7.78. The molecule has 0 fully saturated rings. The lowest BCUT2D eigenvalue weighted by Crippen LogP contribution is -1.78. The van der Waals surface area contributed by atoms with Crippen LogP contribution < -0.4 is 0 Å². The second kappa shape index (κ2) is 5.59. The standard InChI is InChI=1S/C11H7ClN4S/c12-9-7-8(15-16-13)4-5-10(9)17-11-3-1-2-6-14-11/h1-7H. The summed E-state index contributed by atoms with van der Waals surface area (Å²) in [5, 5.41) is 4.90. The van der Waals surface area contributed by atoms with Crippen LogP contribution in [-0.4, -0.2) is 4.98 Å². The normalized spacial score (nSPS) is 9.71. The summed E-state index contributed by atoms with van der Waals surface area (Å²) >= 11 is 7.55. The molecule has 0 saturated heterocycles. The third-order valence-electron chi connectivity index (χ3n) is 1.93. The molecule has 0 aliphatic carbocycles. The molecule has 0 atom stereocenters. The molecule has 0 aliphatic heterocycles. The molecule has 0 radical (unpaired) electrons. The molecule has 0 bridgehead atoms. The van der Waals surface area contributed by atoms with Crippen molar-refractivity contribution in [3.8, 4) is 0 Å². The average Bonchev–Trinajstić information content (AvgIpc) is 2.34. The third kappa shape index (κ3) is 3.14. The van der Waals surface area contributed by atoms with Crippen LogP contribution in [0.2, 0.25) is 5.02 Å². The topological polar surface area (TPSA) is 61.7 Å². The molecule has 17 heavy (non-hydrogen) atoms. The molecule has 0 N–H and O–H groups in total. The second-order valence-electron chi connectivity index (χ2n) is 3.07. The Morgan fingerprint density at radius 3 is 2.82 bits per heavy atom. The Kier molecular flexibility index (Phi) is 3.88. The molecule has 4 nitrogen and oxygen atoms in total. The van der Waals surface area contributed by atoms with E-state index in [0.717, 1.165) is 9.92 Å². The number of halogens is 1. The van der Waals surface area contributed by atoms with Crippen molar-refractivity contribution in [1.82, 2.24) is 4.98 Å². The van der Waals surface area contributed by atoms with Crippen molar-refractivity contribution in [2.75, 3.05) is 0 Å². The van der Waals surface area contributed by atoms with E-state index in [1.807, 2.05) is 24.3 Å². The summed E-state index contributed by atoms with van der Waals surface area (Å²) in [6.45, 7) is 0. The van der Waals surface area contributed by atoms with Crippen molar-refractivity contribution in [2.24, 2.45) is 5.11 Å². The first-order valence-electron chi connectivity index (χ1n) is 4.73. The maximum absolute atomic E-state index is 8.32. The number of aromatic nitrogens is 1. The van der Waals surface area contributed by atoms with Gasteiger partial charge in [-0.15, -0.1) is 0 Å².